The van der Waals surface area contributed by atoms with Gasteiger partial charge in [-0.2, -0.15) is 0 Å². The van der Waals surface area contributed by atoms with Crippen molar-refractivity contribution in [1.29, 1.82) is 0 Å². The number of ether oxygens (including phenoxy) is 2. The van der Waals surface area contributed by atoms with Gasteiger partial charge in [0.05, 0.1) is 6.54 Å². The third-order valence-corrected chi connectivity index (χ3v) is 6.02. The van der Waals surface area contributed by atoms with Crippen LogP contribution in [-0.4, -0.2) is 71.5 Å². The molecule has 0 spiro atoms. The molecule has 2 aliphatic heterocycles. The number of fused-ring (bicyclic) bond motifs is 1. The first-order valence-electron chi connectivity index (χ1n) is 10.7. The van der Waals surface area contributed by atoms with Crippen LogP contribution in [0, 0.1) is 13.8 Å². The van der Waals surface area contributed by atoms with Gasteiger partial charge < -0.3 is 18.9 Å². The number of aryl methyl sites for hydroxylation is 1. The molecule has 1 fully saturated rings. The van der Waals surface area contributed by atoms with E-state index >= 15 is 0 Å². The maximum atomic E-state index is 12.9. The van der Waals surface area contributed by atoms with Gasteiger partial charge in [-0.05, 0) is 32.0 Å². The smallest absolute Gasteiger partial charge is 0.267 e. The zero-order chi connectivity index (χ0) is 22.0. The van der Waals surface area contributed by atoms with Crippen molar-refractivity contribution in [3.8, 4) is 11.5 Å². The van der Waals surface area contributed by atoms with Crippen LogP contribution in [-0.2, 0) is 11.3 Å². The molecule has 1 saturated heterocycles. The molecule has 0 N–H and O–H groups in total. The van der Waals surface area contributed by atoms with E-state index in [9.17, 15) is 9.59 Å². The average molecular weight is 424 g/mol. The number of hydrogen-bond donors (Lipinski definition) is 0. The summed E-state index contributed by atoms with van der Waals surface area (Å²) in [5.41, 5.74) is 2.81. The minimum atomic E-state index is -0.627. The molecule has 3 heterocycles. The van der Waals surface area contributed by atoms with Gasteiger partial charge in [0, 0.05) is 49.7 Å². The Morgan fingerprint density at radius 2 is 1.84 bits per heavy atom. The van der Waals surface area contributed by atoms with Crippen LogP contribution in [0.3, 0.4) is 0 Å². The molecule has 1 atom stereocenters. The van der Waals surface area contributed by atoms with Gasteiger partial charge in [0.1, 0.15) is 6.61 Å². The molecule has 2 aliphatic rings. The molecule has 4 rings (SSSR count). The maximum absolute atomic E-state index is 12.9. The van der Waals surface area contributed by atoms with Gasteiger partial charge in [0.25, 0.3) is 5.91 Å². The predicted octanol–water partition coefficient (Wildman–Crippen LogP) is 2.46. The van der Waals surface area contributed by atoms with E-state index in [0.29, 0.717) is 50.8 Å². The first kappa shape index (κ1) is 21.2. The Morgan fingerprint density at radius 3 is 2.55 bits per heavy atom. The van der Waals surface area contributed by atoms with Crippen LogP contribution < -0.4 is 9.47 Å². The number of carbonyl (C=O) groups is 2. The molecule has 31 heavy (non-hydrogen) atoms. The van der Waals surface area contributed by atoms with Crippen molar-refractivity contribution in [3.63, 3.8) is 0 Å². The number of benzene rings is 1. The lowest BCUT2D eigenvalue weighted by atomic mass is 10.1. The quantitative estimate of drug-likeness (QED) is 0.528. The molecule has 1 aromatic heterocycles. The van der Waals surface area contributed by atoms with Crippen LogP contribution in [0.25, 0.3) is 0 Å². The predicted molar refractivity (Wildman–Crippen MR) is 118 cm³/mol. The van der Waals surface area contributed by atoms with E-state index in [4.69, 9.17) is 9.47 Å². The number of nitrogens with zero attached hydrogens (tertiary/aromatic N) is 3. The van der Waals surface area contributed by atoms with E-state index < -0.39 is 6.10 Å². The zero-order valence-electron chi connectivity index (χ0n) is 18.2. The number of piperazine rings is 1. The largest absolute Gasteiger partial charge is 0.485 e. The van der Waals surface area contributed by atoms with Gasteiger partial charge in [-0.25, -0.2) is 0 Å². The summed E-state index contributed by atoms with van der Waals surface area (Å²) in [5, 5.41) is 0. The third-order valence-electron chi connectivity index (χ3n) is 6.02. The van der Waals surface area contributed by atoms with Crippen molar-refractivity contribution in [2.75, 3.05) is 39.3 Å². The van der Waals surface area contributed by atoms with Gasteiger partial charge in [0.2, 0.25) is 6.10 Å². The van der Waals surface area contributed by atoms with Crippen LogP contribution in [0.2, 0.25) is 0 Å². The lowest BCUT2D eigenvalue weighted by Crippen LogP contribution is -2.54. The van der Waals surface area contributed by atoms with Crippen LogP contribution in [0.1, 0.15) is 21.7 Å². The normalized spacial score (nSPS) is 18.6. The minimum absolute atomic E-state index is 0.0616. The molecule has 2 aromatic rings. The number of allylic oxidation sites excluding steroid dienone is 1. The highest BCUT2D eigenvalue weighted by molar-refractivity contribution is 5.99. The Kier molecular flexibility index (Phi) is 6.13. The van der Waals surface area contributed by atoms with Crippen LogP contribution in [0.15, 0.2) is 43.0 Å². The van der Waals surface area contributed by atoms with E-state index in [1.54, 1.807) is 4.90 Å². The number of amides is 1. The molecule has 0 saturated carbocycles. The molecule has 1 aromatic carbocycles. The Bertz CT molecular complexity index is 989. The van der Waals surface area contributed by atoms with Crippen molar-refractivity contribution in [2.24, 2.45) is 0 Å². The Labute approximate surface area is 182 Å². The van der Waals surface area contributed by atoms with Crippen LogP contribution >= 0.6 is 0 Å². The maximum Gasteiger partial charge on any atom is 0.267 e. The van der Waals surface area contributed by atoms with Crippen LogP contribution in [0.5, 0.6) is 11.5 Å². The number of hydrogen-bond acceptors (Lipinski definition) is 5. The number of para-hydroxylation sites is 2. The second kappa shape index (κ2) is 8.98. The fraction of sp³-hybridized carbons (Fsp3) is 0.417. The Balaban J connectivity index is 1.31. The molecule has 7 nitrogen and oxygen atoms in total. The SMILES string of the molecule is C=CCn1c(C)cc(C(=O)CN2CCN(C(=O)C3COc4ccccc4O3)CC2)c1C. The van der Waals surface area contributed by atoms with Gasteiger partial charge in [0.15, 0.2) is 17.3 Å². The van der Waals surface area contributed by atoms with Gasteiger partial charge >= 0.3 is 0 Å². The summed E-state index contributed by atoms with van der Waals surface area (Å²) in [4.78, 5) is 29.7. The molecule has 1 unspecified atom stereocenters. The van der Waals surface area contributed by atoms with Crippen LogP contribution in [0.4, 0.5) is 0 Å². The van der Waals surface area contributed by atoms with Crippen molar-refractivity contribution in [2.45, 2.75) is 26.5 Å². The first-order chi connectivity index (χ1) is 15.0. The van der Waals surface area contributed by atoms with Crippen molar-refractivity contribution < 1.29 is 19.1 Å². The number of carbonyl (C=O) groups excluding carboxylic acids is 2. The van der Waals surface area contributed by atoms with Gasteiger partial charge in [-0.1, -0.05) is 18.2 Å². The molecular weight excluding hydrogens is 394 g/mol. The molecule has 164 valence electrons. The number of rotatable bonds is 6. The molecule has 0 radical (unpaired) electrons. The van der Waals surface area contributed by atoms with Gasteiger partial charge in [-0.3, -0.25) is 14.5 Å². The standard InChI is InChI=1S/C24H29N3O4/c1-4-9-27-17(2)14-19(18(27)3)20(28)15-25-10-12-26(13-11-25)24(29)23-16-30-21-7-5-6-8-22(21)31-23/h4-8,14,23H,1,9-13,15-16H2,2-3H3. The van der Waals surface area contributed by atoms with E-state index in [1.807, 2.05) is 50.3 Å². The third kappa shape index (κ3) is 4.37. The Morgan fingerprint density at radius 1 is 1.13 bits per heavy atom. The Hall–Kier alpha value is -3.06. The van der Waals surface area contributed by atoms with Crippen molar-refractivity contribution >= 4 is 11.7 Å². The number of Topliss-reactive ketones (excluding diaryl/α,β-unsaturated/α-hetero) is 1. The molecule has 0 aliphatic carbocycles. The van der Waals surface area contributed by atoms with E-state index in [-0.39, 0.29) is 18.3 Å². The lowest BCUT2D eigenvalue weighted by molar-refractivity contribution is -0.142. The summed E-state index contributed by atoms with van der Waals surface area (Å²) in [6, 6.07) is 9.34. The molecule has 7 heteroatoms. The zero-order valence-corrected chi connectivity index (χ0v) is 18.2. The van der Waals surface area contributed by atoms with E-state index in [2.05, 4.69) is 16.0 Å². The monoisotopic (exact) mass is 423 g/mol. The molecular formula is C24H29N3O4. The fourth-order valence-corrected chi connectivity index (χ4v) is 4.25. The molecule has 1 amide bonds. The highest BCUT2D eigenvalue weighted by atomic mass is 16.6. The summed E-state index contributed by atoms with van der Waals surface area (Å²) in [6.45, 7) is 11.5. The summed E-state index contributed by atoms with van der Waals surface area (Å²) >= 11 is 0. The lowest BCUT2D eigenvalue weighted by Gasteiger charge is -2.36. The van der Waals surface area contributed by atoms with E-state index in [0.717, 1.165) is 17.0 Å². The summed E-state index contributed by atoms with van der Waals surface area (Å²) in [7, 11) is 0. The fourth-order valence-electron chi connectivity index (χ4n) is 4.25. The topological polar surface area (TPSA) is 64.0 Å². The summed E-state index contributed by atoms with van der Waals surface area (Å²) < 4.78 is 13.6. The van der Waals surface area contributed by atoms with Gasteiger partial charge in [-0.15, -0.1) is 6.58 Å². The highest BCUT2D eigenvalue weighted by Gasteiger charge is 2.33. The number of aromatic nitrogens is 1. The summed E-state index contributed by atoms with van der Waals surface area (Å²) in [6.07, 6.45) is 1.21. The average Bonchev–Trinajstić information content (AvgIpc) is 3.07. The number of ketones is 1. The second-order valence-corrected chi connectivity index (χ2v) is 8.07. The minimum Gasteiger partial charge on any atom is -0.485 e. The van der Waals surface area contributed by atoms with Crippen molar-refractivity contribution in [3.05, 3.63) is 59.9 Å². The molecule has 0 bridgehead atoms. The highest BCUT2D eigenvalue weighted by Crippen LogP contribution is 2.31. The first-order valence-corrected chi connectivity index (χ1v) is 10.7. The van der Waals surface area contributed by atoms with Crippen molar-refractivity contribution in [1.82, 2.24) is 14.4 Å². The second-order valence-electron chi connectivity index (χ2n) is 8.07. The summed E-state index contributed by atoms with van der Waals surface area (Å²) in [5.74, 6) is 1.32. The van der Waals surface area contributed by atoms with E-state index in [1.165, 1.54) is 0 Å².